The van der Waals surface area contributed by atoms with Crippen molar-refractivity contribution in [2.24, 2.45) is 0 Å². The highest BCUT2D eigenvalue weighted by atomic mass is 35.5. The molecule has 4 heteroatoms. The Labute approximate surface area is 127 Å². The Bertz CT molecular complexity index is 764. The number of halogens is 1. The number of fused-ring (bicyclic) bond motifs is 1. The predicted molar refractivity (Wildman–Crippen MR) is 82.9 cm³/mol. The standard InChI is InChI=1S/C17H15ClO3/c1-2-20-13-7-3-5-11(9-13)16(19)15-10-12-6-4-8-14(18)17(12)21-15/h3-10,16,19H,2H2,1H3. The van der Waals surface area contributed by atoms with Gasteiger partial charge in [0.05, 0.1) is 11.6 Å². The van der Waals surface area contributed by atoms with Gasteiger partial charge in [-0.25, -0.2) is 0 Å². The third-order valence-electron chi connectivity index (χ3n) is 3.27. The van der Waals surface area contributed by atoms with Gasteiger partial charge in [-0.15, -0.1) is 0 Å². The van der Waals surface area contributed by atoms with Crippen LogP contribution in [0, 0.1) is 0 Å². The van der Waals surface area contributed by atoms with Crippen LogP contribution in [-0.4, -0.2) is 11.7 Å². The number of ether oxygens (including phenoxy) is 1. The second-order valence-corrected chi connectivity index (χ2v) is 5.12. The van der Waals surface area contributed by atoms with E-state index in [0.717, 1.165) is 16.7 Å². The fraction of sp³-hybridized carbons (Fsp3) is 0.176. The van der Waals surface area contributed by atoms with Crippen LogP contribution in [0.5, 0.6) is 5.75 Å². The first kappa shape index (κ1) is 14.0. The van der Waals surface area contributed by atoms with E-state index in [-0.39, 0.29) is 0 Å². The summed E-state index contributed by atoms with van der Waals surface area (Å²) in [4.78, 5) is 0. The molecule has 0 aliphatic heterocycles. The van der Waals surface area contributed by atoms with Crippen LogP contribution in [0.3, 0.4) is 0 Å². The second kappa shape index (κ2) is 5.80. The molecule has 3 nitrogen and oxygen atoms in total. The van der Waals surface area contributed by atoms with Gasteiger partial charge in [-0.2, -0.15) is 0 Å². The molecule has 0 aliphatic rings. The molecule has 108 valence electrons. The quantitative estimate of drug-likeness (QED) is 0.768. The Kier molecular flexibility index (Phi) is 3.86. The minimum Gasteiger partial charge on any atom is -0.494 e. The topological polar surface area (TPSA) is 42.6 Å². The molecule has 0 spiro atoms. The molecular formula is C17H15ClO3. The van der Waals surface area contributed by atoms with Crippen molar-refractivity contribution in [2.75, 3.05) is 6.61 Å². The third kappa shape index (κ3) is 2.75. The SMILES string of the molecule is CCOc1cccc(C(O)c2cc3cccc(Cl)c3o2)c1. The Morgan fingerprint density at radius 1 is 1.19 bits per heavy atom. The zero-order valence-electron chi connectivity index (χ0n) is 11.5. The molecule has 0 saturated heterocycles. The summed E-state index contributed by atoms with van der Waals surface area (Å²) in [7, 11) is 0. The minimum atomic E-state index is -0.853. The van der Waals surface area contributed by atoms with Gasteiger partial charge in [-0.05, 0) is 36.8 Å². The largest absolute Gasteiger partial charge is 0.494 e. The van der Waals surface area contributed by atoms with Gasteiger partial charge in [-0.1, -0.05) is 35.9 Å². The van der Waals surface area contributed by atoms with Crippen molar-refractivity contribution in [1.82, 2.24) is 0 Å². The minimum absolute atomic E-state index is 0.465. The molecule has 1 unspecified atom stereocenters. The maximum absolute atomic E-state index is 10.5. The summed E-state index contributed by atoms with van der Waals surface area (Å²) in [6.07, 6.45) is -0.853. The lowest BCUT2D eigenvalue weighted by molar-refractivity contribution is 0.191. The molecule has 2 aromatic carbocycles. The summed E-state index contributed by atoms with van der Waals surface area (Å²) in [5.74, 6) is 1.19. The molecule has 0 radical (unpaired) electrons. The van der Waals surface area contributed by atoms with E-state index in [1.54, 1.807) is 12.1 Å². The summed E-state index contributed by atoms with van der Waals surface area (Å²) in [6.45, 7) is 2.50. The van der Waals surface area contributed by atoms with Crippen LogP contribution >= 0.6 is 11.6 Å². The van der Waals surface area contributed by atoms with E-state index < -0.39 is 6.10 Å². The van der Waals surface area contributed by atoms with Gasteiger partial charge < -0.3 is 14.3 Å². The van der Waals surface area contributed by atoms with E-state index in [9.17, 15) is 5.11 Å². The van der Waals surface area contributed by atoms with Gasteiger partial charge in [0.1, 0.15) is 17.6 Å². The number of para-hydroxylation sites is 1. The van der Waals surface area contributed by atoms with E-state index in [1.807, 2.05) is 43.3 Å². The van der Waals surface area contributed by atoms with Crippen molar-refractivity contribution in [1.29, 1.82) is 0 Å². The average Bonchev–Trinajstić information content (AvgIpc) is 2.93. The van der Waals surface area contributed by atoms with Crippen molar-refractivity contribution in [3.8, 4) is 5.75 Å². The molecule has 3 aromatic rings. The molecule has 1 heterocycles. The van der Waals surface area contributed by atoms with Crippen LogP contribution in [-0.2, 0) is 0 Å². The smallest absolute Gasteiger partial charge is 0.153 e. The van der Waals surface area contributed by atoms with E-state index in [2.05, 4.69) is 0 Å². The van der Waals surface area contributed by atoms with E-state index in [0.29, 0.717) is 23.0 Å². The highest BCUT2D eigenvalue weighted by Crippen LogP contribution is 2.32. The first-order valence-electron chi connectivity index (χ1n) is 6.78. The third-order valence-corrected chi connectivity index (χ3v) is 3.57. The fourth-order valence-electron chi connectivity index (χ4n) is 2.29. The number of aliphatic hydroxyl groups excluding tert-OH is 1. The Morgan fingerprint density at radius 3 is 2.76 bits per heavy atom. The van der Waals surface area contributed by atoms with Gasteiger partial charge in [0.15, 0.2) is 5.58 Å². The van der Waals surface area contributed by atoms with Crippen molar-refractivity contribution < 1.29 is 14.3 Å². The normalized spacial score (nSPS) is 12.5. The molecule has 3 rings (SSSR count). The van der Waals surface area contributed by atoms with Crippen molar-refractivity contribution >= 4 is 22.6 Å². The molecule has 21 heavy (non-hydrogen) atoms. The molecule has 0 amide bonds. The van der Waals surface area contributed by atoms with Gasteiger partial charge >= 0.3 is 0 Å². The zero-order valence-corrected chi connectivity index (χ0v) is 12.3. The van der Waals surface area contributed by atoms with Gasteiger partial charge in [0.2, 0.25) is 0 Å². The summed E-state index contributed by atoms with van der Waals surface area (Å²) in [5, 5.41) is 11.9. The Morgan fingerprint density at radius 2 is 2.00 bits per heavy atom. The monoisotopic (exact) mass is 302 g/mol. The Hall–Kier alpha value is -1.97. The summed E-state index contributed by atoms with van der Waals surface area (Å²) < 4.78 is 11.1. The van der Waals surface area contributed by atoms with Crippen molar-refractivity contribution in [3.05, 3.63) is 64.9 Å². The van der Waals surface area contributed by atoms with E-state index >= 15 is 0 Å². The molecule has 0 aliphatic carbocycles. The molecule has 1 N–H and O–H groups in total. The lowest BCUT2D eigenvalue weighted by Gasteiger charge is -2.10. The van der Waals surface area contributed by atoms with Crippen LogP contribution in [0.15, 0.2) is 52.9 Å². The van der Waals surface area contributed by atoms with E-state index in [4.69, 9.17) is 20.8 Å². The van der Waals surface area contributed by atoms with Crippen LogP contribution in [0.4, 0.5) is 0 Å². The van der Waals surface area contributed by atoms with Gasteiger partial charge in [0.25, 0.3) is 0 Å². The molecule has 1 atom stereocenters. The summed E-state index contributed by atoms with van der Waals surface area (Å²) in [6, 6.07) is 14.7. The Balaban J connectivity index is 1.98. The fourth-order valence-corrected chi connectivity index (χ4v) is 2.51. The van der Waals surface area contributed by atoms with E-state index in [1.165, 1.54) is 0 Å². The predicted octanol–water partition coefficient (Wildman–Crippen LogP) is 4.57. The highest BCUT2D eigenvalue weighted by Gasteiger charge is 2.17. The molecule has 0 fully saturated rings. The number of rotatable bonds is 4. The highest BCUT2D eigenvalue weighted by molar-refractivity contribution is 6.34. The van der Waals surface area contributed by atoms with Gasteiger partial charge in [0, 0.05) is 5.39 Å². The van der Waals surface area contributed by atoms with Crippen LogP contribution in [0.25, 0.3) is 11.0 Å². The molecule has 0 bridgehead atoms. The number of aliphatic hydroxyl groups is 1. The number of benzene rings is 2. The lowest BCUT2D eigenvalue weighted by atomic mass is 10.1. The molecule has 0 saturated carbocycles. The zero-order chi connectivity index (χ0) is 14.8. The summed E-state index contributed by atoms with van der Waals surface area (Å²) in [5.41, 5.74) is 1.31. The number of furan rings is 1. The second-order valence-electron chi connectivity index (χ2n) is 4.71. The number of hydrogen-bond donors (Lipinski definition) is 1. The van der Waals surface area contributed by atoms with Crippen molar-refractivity contribution in [2.45, 2.75) is 13.0 Å². The average molecular weight is 303 g/mol. The molecule has 1 aromatic heterocycles. The van der Waals surface area contributed by atoms with Crippen LogP contribution in [0.2, 0.25) is 5.02 Å². The van der Waals surface area contributed by atoms with Crippen LogP contribution in [0.1, 0.15) is 24.4 Å². The first-order chi connectivity index (χ1) is 10.2. The lowest BCUT2D eigenvalue weighted by Crippen LogP contribution is -1.99. The first-order valence-corrected chi connectivity index (χ1v) is 7.15. The number of hydrogen-bond acceptors (Lipinski definition) is 3. The maximum Gasteiger partial charge on any atom is 0.153 e. The van der Waals surface area contributed by atoms with Gasteiger partial charge in [-0.3, -0.25) is 0 Å². The summed E-state index contributed by atoms with van der Waals surface area (Å²) >= 11 is 6.09. The van der Waals surface area contributed by atoms with Crippen molar-refractivity contribution in [3.63, 3.8) is 0 Å². The maximum atomic E-state index is 10.5. The molecular weight excluding hydrogens is 288 g/mol. The van der Waals surface area contributed by atoms with Crippen LogP contribution < -0.4 is 4.74 Å².